The number of hydrogen-bond donors (Lipinski definition) is 3. The number of carboxylic acid groups (broad SMARTS) is 1. The maximum atomic E-state index is 11.2. The second-order valence-electron chi connectivity index (χ2n) is 3.31. The third-order valence-electron chi connectivity index (χ3n) is 2.00. The first-order valence-electron chi connectivity index (χ1n) is 5.15. The summed E-state index contributed by atoms with van der Waals surface area (Å²) in [4.78, 5) is 21.4. The Morgan fingerprint density at radius 2 is 2.12 bits per heavy atom. The molecule has 0 bridgehead atoms. The van der Waals surface area contributed by atoms with Crippen LogP contribution in [0.1, 0.15) is 23.3 Å². The number of hydrogen-bond acceptors (Lipinski definition) is 5. The molecule has 0 saturated carbocycles. The van der Waals surface area contributed by atoms with E-state index in [4.69, 9.17) is 5.11 Å². The number of carboxylic acids is 1. The molecule has 3 N–H and O–H groups in total. The van der Waals surface area contributed by atoms with Gasteiger partial charge >= 0.3 is 5.97 Å². The predicted molar refractivity (Wildman–Crippen MR) is 60.8 cm³/mol. The number of nitrogens with zero attached hydrogens (tertiary/aromatic N) is 2. The quantitative estimate of drug-likeness (QED) is 0.608. The highest BCUT2D eigenvalue weighted by atomic mass is 16.4. The lowest BCUT2D eigenvalue weighted by atomic mass is 10.3. The van der Waals surface area contributed by atoms with Gasteiger partial charge < -0.3 is 15.7 Å². The standard InChI is InChI=1S/C10H14N4O3/c1-11-10(17)7-4-5-8(14-13-7)12-6-2-3-9(15)16/h4-5H,2-3,6H2,1H3,(H,11,17)(H,12,14)(H,15,16). The number of rotatable bonds is 6. The lowest BCUT2D eigenvalue weighted by Gasteiger charge is -2.04. The molecule has 1 heterocycles. The van der Waals surface area contributed by atoms with Crippen molar-refractivity contribution in [3.63, 3.8) is 0 Å². The summed E-state index contributed by atoms with van der Waals surface area (Å²) in [6, 6.07) is 3.17. The summed E-state index contributed by atoms with van der Waals surface area (Å²) in [6.07, 6.45) is 0.616. The Morgan fingerprint density at radius 1 is 1.35 bits per heavy atom. The van der Waals surface area contributed by atoms with Crippen LogP contribution in [0.4, 0.5) is 5.82 Å². The van der Waals surface area contributed by atoms with Crippen LogP contribution in [0.3, 0.4) is 0 Å². The fourth-order valence-electron chi connectivity index (χ4n) is 1.13. The van der Waals surface area contributed by atoms with Crippen molar-refractivity contribution in [2.75, 3.05) is 18.9 Å². The first kappa shape index (κ1) is 12.9. The number of aromatic nitrogens is 2. The highest BCUT2D eigenvalue weighted by molar-refractivity contribution is 5.91. The maximum Gasteiger partial charge on any atom is 0.303 e. The minimum absolute atomic E-state index is 0.108. The van der Waals surface area contributed by atoms with Crippen LogP contribution in [0, 0.1) is 0 Å². The first-order valence-corrected chi connectivity index (χ1v) is 5.15. The Balaban J connectivity index is 2.40. The highest BCUT2D eigenvalue weighted by Gasteiger charge is 2.05. The maximum absolute atomic E-state index is 11.2. The number of nitrogens with one attached hydrogen (secondary N) is 2. The van der Waals surface area contributed by atoms with Crippen molar-refractivity contribution in [2.24, 2.45) is 0 Å². The van der Waals surface area contributed by atoms with Gasteiger partial charge in [0.05, 0.1) is 0 Å². The molecule has 1 aromatic heterocycles. The molecule has 0 unspecified atom stereocenters. The van der Waals surface area contributed by atoms with Crippen LogP contribution in [-0.4, -0.2) is 40.8 Å². The summed E-state index contributed by atoms with van der Waals surface area (Å²) in [6.45, 7) is 0.500. The van der Waals surface area contributed by atoms with Gasteiger partial charge in [0.1, 0.15) is 5.82 Å². The zero-order valence-electron chi connectivity index (χ0n) is 9.43. The molecule has 7 nitrogen and oxygen atoms in total. The molecule has 0 aliphatic rings. The molecule has 1 aromatic rings. The average molecular weight is 238 g/mol. The summed E-state index contributed by atoms with van der Waals surface area (Å²) in [5, 5.41) is 21.3. The summed E-state index contributed by atoms with van der Waals surface area (Å²) in [7, 11) is 1.52. The Hall–Kier alpha value is -2.18. The number of amides is 1. The summed E-state index contributed by atoms with van der Waals surface area (Å²) >= 11 is 0. The topological polar surface area (TPSA) is 104 Å². The van der Waals surface area contributed by atoms with Gasteiger partial charge in [0, 0.05) is 20.0 Å². The second-order valence-corrected chi connectivity index (χ2v) is 3.31. The van der Waals surface area contributed by atoms with E-state index in [-0.39, 0.29) is 18.0 Å². The molecule has 1 rings (SSSR count). The van der Waals surface area contributed by atoms with E-state index < -0.39 is 5.97 Å². The van der Waals surface area contributed by atoms with Crippen molar-refractivity contribution in [2.45, 2.75) is 12.8 Å². The van der Waals surface area contributed by atoms with Crippen LogP contribution in [0.2, 0.25) is 0 Å². The normalized spacial score (nSPS) is 9.71. The fraction of sp³-hybridized carbons (Fsp3) is 0.400. The smallest absolute Gasteiger partial charge is 0.303 e. The first-order chi connectivity index (χ1) is 8.13. The van der Waals surface area contributed by atoms with E-state index in [2.05, 4.69) is 20.8 Å². The van der Waals surface area contributed by atoms with E-state index in [1.54, 1.807) is 12.1 Å². The lowest BCUT2D eigenvalue weighted by molar-refractivity contribution is -0.137. The molecule has 0 spiro atoms. The predicted octanol–water partition coefficient (Wildman–Crippen LogP) is 0.113. The molecule has 92 valence electrons. The van der Waals surface area contributed by atoms with E-state index in [9.17, 15) is 9.59 Å². The van der Waals surface area contributed by atoms with E-state index >= 15 is 0 Å². The van der Waals surface area contributed by atoms with Crippen LogP contribution in [0.25, 0.3) is 0 Å². The molecule has 0 saturated heterocycles. The highest BCUT2D eigenvalue weighted by Crippen LogP contribution is 2.02. The molecular formula is C10H14N4O3. The molecule has 0 radical (unpaired) electrons. The molecule has 1 amide bonds. The molecule has 0 atom stereocenters. The molecule has 0 aromatic carbocycles. The van der Waals surface area contributed by atoms with Crippen LogP contribution in [0.15, 0.2) is 12.1 Å². The van der Waals surface area contributed by atoms with Gasteiger partial charge in [-0.1, -0.05) is 0 Å². The second kappa shape index (κ2) is 6.41. The van der Waals surface area contributed by atoms with Gasteiger partial charge in [0.2, 0.25) is 0 Å². The third-order valence-corrected chi connectivity index (χ3v) is 2.00. The van der Waals surface area contributed by atoms with Gasteiger partial charge in [-0.25, -0.2) is 0 Å². The van der Waals surface area contributed by atoms with Crippen molar-refractivity contribution >= 4 is 17.7 Å². The van der Waals surface area contributed by atoms with Crippen LogP contribution >= 0.6 is 0 Å². The largest absolute Gasteiger partial charge is 0.481 e. The zero-order chi connectivity index (χ0) is 12.7. The summed E-state index contributed by atoms with van der Waals surface area (Å²) in [5.41, 5.74) is 0.239. The Bertz CT molecular complexity index is 391. The van der Waals surface area contributed by atoms with Crippen molar-refractivity contribution in [3.05, 3.63) is 17.8 Å². The summed E-state index contributed by atoms with van der Waals surface area (Å²) in [5.74, 6) is -0.606. The molecular weight excluding hydrogens is 224 g/mol. The van der Waals surface area contributed by atoms with Crippen molar-refractivity contribution in [3.8, 4) is 0 Å². The average Bonchev–Trinajstić information content (AvgIpc) is 2.34. The number of aliphatic carboxylic acids is 1. The van der Waals surface area contributed by atoms with Gasteiger partial charge in [-0.05, 0) is 18.6 Å². The molecule has 17 heavy (non-hydrogen) atoms. The summed E-state index contributed by atoms with van der Waals surface area (Å²) < 4.78 is 0. The Labute approximate surface area is 98.2 Å². The zero-order valence-corrected chi connectivity index (χ0v) is 9.43. The van der Waals surface area contributed by atoms with Gasteiger partial charge in [-0.15, -0.1) is 10.2 Å². The van der Waals surface area contributed by atoms with Gasteiger partial charge in [-0.3, -0.25) is 9.59 Å². The van der Waals surface area contributed by atoms with E-state index in [0.29, 0.717) is 18.8 Å². The van der Waals surface area contributed by atoms with Crippen molar-refractivity contribution < 1.29 is 14.7 Å². The third kappa shape index (κ3) is 4.45. The lowest BCUT2D eigenvalue weighted by Crippen LogP contribution is -2.19. The molecule has 0 fully saturated rings. The minimum Gasteiger partial charge on any atom is -0.481 e. The Kier molecular flexibility index (Phi) is 4.86. The number of carbonyl (C=O) groups is 2. The van der Waals surface area contributed by atoms with Crippen molar-refractivity contribution in [1.29, 1.82) is 0 Å². The molecule has 0 aliphatic carbocycles. The minimum atomic E-state index is -0.826. The molecule has 0 aliphatic heterocycles. The van der Waals surface area contributed by atoms with Crippen molar-refractivity contribution in [1.82, 2.24) is 15.5 Å². The number of carbonyl (C=O) groups excluding carboxylic acids is 1. The number of anilines is 1. The van der Waals surface area contributed by atoms with E-state index in [1.165, 1.54) is 7.05 Å². The van der Waals surface area contributed by atoms with Gasteiger partial charge in [0.25, 0.3) is 5.91 Å². The monoisotopic (exact) mass is 238 g/mol. The van der Waals surface area contributed by atoms with Crippen LogP contribution in [0.5, 0.6) is 0 Å². The SMILES string of the molecule is CNC(=O)c1ccc(NCCCC(=O)O)nn1. The Morgan fingerprint density at radius 3 is 2.65 bits per heavy atom. The van der Waals surface area contributed by atoms with E-state index in [0.717, 1.165) is 0 Å². The van der Waals surface area contributed by atoms with Gasteiger partial charge in [0.15, 0.2) is 5.69 Å². The van der Waals surface area contributed by atoms with Crippen LogP contribution < -0.4 is 10.6 Å². The van der Waals surface area contributed by atoms with E-state index in [1.807, 2.05) is 0 Å². The fourth-order valence-corrected chi connectivity index (χ4v) is 1.13. The van der Waals surface area contributed by atoms with Gasteiger partial charge in [-0.2, -0.15) is 0 Å². The molecule has 7 heteroatoms. The van der Waals surface area contributed by atoms with Crippen LogP contribution in [-0.2, 0) is 4.79 Å².